The zero-order valence-corrected chi connectivity index (χ0v) is 13.7. The number of hydrazine groups is 1. The molecule has 0 spiro atoms. The quantitative estimate of drug-likeness (QED) is 0.499. The number of amides is 1. The first-order valence-corrected chi connectivity index (χ1v) is 7.30. The van der Waals surface area contributed by atoms with Gasteiger partial charge in [-0.1, -0.05) is 6.08 Å². The van der Waals surface area contributed by atoms with Crippen LogP contribution < -0.4 is 16.2 Å². The average Bonchev–Trinajstić information content (AvgIpc) is 2.39. The number of carbonyl (C=O) groups excluding carboxylic acids is 1. The van der Waals surface area contributed by atoms with Gasteiger partial charge in [-0.25, -0.2) is 5.84 Å². The lowest BCUT2D eigenvalue weighted by Crippen LogP contribution is -2.56. The van der Waals surface area contributed by atoms with E-state index in [-0.39, 0.29) is 17.5 Å². The molecule has 1 aliphatic rings. The number of benzene rings is 1. The van der Waals surface area contributed by atoms with Gasteiger partial charge >= 0.3 is 0 Å². The van der Waals surface area contributed by atoms with Crippen molar-refractivity contribution in [2.45, 2.75) is 53.1 Å². The normalized spacial score (nSPS) is 17.9. The Kier molecular flexibility index (Phi) is 3.85. The third-order valence-corrected chi connectivity index (χ3v) is 4.40. The van der Waals surface area contributed by atoms with Gasteiger partial charge in [0.05, 0.1) is 5.54 Å². The van der Waals surface area contributed by atoms with Crippen molar-refractivity contribution in [3.8, 4) is 0 Å². The van der Waals surface area contributed by atoms with Gasteiger partial charge < -0.3 is 4.90 Å². The molecule has 1 heterocycles. The highest BCUT2D eigenvalue weighted by Gasteiger charge is 2.37. The van der Waals surface area contributed by atoms with Crippen molar-refractivity contribution in [2.24, 2.45) is 5.84 Å². The summed E-state index contributed by atoms with van der Waals surface area (Å²) < 4.78 is 0. The van der Waals surface area contributed by atoms with Crippen LogP contribution in [0.3, 0.4) is 0 Å². The summed E-state index contributed by atoms with van der Waals surface area (Å²) in [6.45, 7) is 12.5. The number of anilines is 1. The summed E-state index contributed by atoms with van der Waals surface area (Å²) in [5.41, 5.74) is 8.04. The number of hydrogen-bond acceptors (Lipinski definition) is 3. The first kappa shape index (κ1) is 15.6. The molecule has 0 bridgehead atoms. The molecule has 2 rings (SSSR count). The van der Waals surface area contributed by atoms with Gasteiger partial charge in [0.25, 0.3) is 5.91 Å². The molecular weight excluding hydrogens is 262 g/mol. The zero-order chi connectivity index (χ0) is 15.9. The van der Waals surface area contributed by atoms with E-state index in [2.05, 4.69) is 63.2 Å². The van der Waals surface area contributed by atoms with Gasteiger partial charge in [-0.05, 0) is 70.4 Å². The first-order valence-electron chi connectivity index (χ1n) is 7.30. The van der Waals surface area contributed by atoms with Crippen LogP contribution in [0.1, 0.15) is 44.4 Å². The molecule has 0 aromatic heterocycles. The summed E-state index contributed by atoms with van der Waals surface area (Å²) in [6.07, 6.45) is 2.21. The van der Waals surface area contributed by atoms with Crippen molar-refractivity contribution in [1.29, 1.82) is 0 Å². The largest absolute Gasteiger partial charge is 0.351 e. The van der Waals surface area contributed by atoms with Crippen molar-refractivity contribution < 1.29 is 4.79 Å². The summed E-state index contributed by atoms with van der Waals surface area (Å²) in [5.74, 6) is 5.15. The molecule has 0 saturated heterocycles. The fraction of sp³-hybridized carbons (Fsp3) is 0.471. The summed E-state index contributed by atoms with van der Waals surface area (Å²) in [5, 5.41) is 0. The Morgan fingerprint density at radius 2 is 1.81 bits per heavy atom. The molecule has 3 N–H and O–H groups in total. The predicted octanol–water partition coefficient (Wildman–Crippen LogP) is 2.68. The number of nitrogens with one attached hydrogen (secondary N) is 1. The molecular formula is C17H25N3O. The maximum Gasteiger partial charge on any atom is 0.256 e. The number of allylic oxidation sites excluding steroid dienone is 1. The number of carbonyl (C=O) groups is 1. The molecule has 1 aromatic rings. The molecule has 21 heavy (non-hydrogen) atoms. The van der Waals surface area contributed by atoms with Crippen molar-refractivity contribution in [3.63, 3.8) is 0 Å². The number of aryl methyl sites for hydroxylation is 2. The van der Waals surface area contributed by atoms with Gasteiger partial charge in [0, 0.05) is 11.3 Å². The Hall–Kier alpha value is -1.81. The number of nitrogens with zero attached hydrogens (tertiary/aromatic N) is 1. The van der Waals surface area contributed by atoms with Gasteiger partial charge in [0.1, 0.15) is 6.04 Å². The fourth-order valence-corrected chi connectivity index (χ4v) is 3.25. The van der Waals surface area contributed by atoms with Gasteiger partial charge in [-0.3, -0.25) is 10.2 Å². The molecule has 1 atom stereocenters. The Balaban J connectivity index is 2.66. The second kappa shape index (κ2) is 5.19. The van der Waals surface area contributed by atoms with Crippen LogP contribution in [0, 0.1) is 13.8 Å². The van der Waals surface area contributed by atoms with E-state index >= 15 is 0 Å². The Labute approximate surface area is 127 Å². The van der Waals surface area contributed by atoms with Gasteiger partial charge in [-0.15, -0.1) is 0 Å². The Bertz CT molecular complexity index is 617. The monoisotopic (exact) mass is 287 g/mol. The lowest BCUT2D eigenvalue weighted by atomic mass is 9.86. The summed E-state index contributed by atoms with van der Waals surface area (Å²) in [7, 11) is 0. The lowest BCUT2D eigenvalue weighted by molar-refractivity contribution is -0.122. The molecule has 0 saturated carbocycles. The highest BCUT2D eigenvalue weighted by Crippen LogP contribution is 2.41. The van der Waals surface area contributed by atoms with E-state index in [1.54, 1.807) is 0 Å². The van der Waals surface area contributed by atoms with Crippen LogP contribution in [0.4, 0.5) is 5.69 Å². The SMILES string of the molecule is CC1=CC(C)(C)N([C@@H](C)C(=O)NN)c2cc(C)c(C)cc21. The molecule has 0 radical (unpaired) electrons. The summed E-state index contributed by atoms with van der Waals surface area (Å²) >= 11 is 0. The van der Waals surface area contributed by atoms with Crippen molar-refractivity contribution in [2.75, 3.05) is 4.90 Å². The molecule has 0 fully saturated rings. The molecule has 1 amide bonds. The second-order valence-corrected chi connectivity index (χ2v) is 6.49. The van der Waals surface area contributed by atoms with Gasteiger partial charge in [0.2, 0.25) is 0 Å². The van der Waals surface area contributed by atoms with Crippen LogP contribution in [0.5, 0.6) is 0 Å². The van der Waals surface area contributed by atoms with Crippen molar-refractivity contribution >= 4 is 17.2 Å². The van der Waals surface area contributed by atoms with E-state index in [0.717, 1.165) is 5.69 Å². The van der Waals surface area contributed by atoms with Crippen LogP contribution in [-0.2, 0) is 4.79 Å². The minimum Gasteiger partial charge on any atom is -0.351 e. The fourth-order valence-electron chi connectivity index (χ4n) is 3.25. The highest BCUT2D eigenvalue weighted by atomic mass is 16.2. The lowest BCUT2D eigenvalue weighted by Gasteiger charge is -2.46. The van der Waals surface area contributed by atoms with Crippen LogP contribution in [-0.4, -0.2) is 17.5 Å². The number of rotatable bonds is 2. The molecule has 114 valence electrons. The third-order valence-electron chi connectivity index (χ3n) is 4.40. The number of fused-ring (bicyclic) bond motifs is 1. The molecule has 0 unspecified atom stereocenters. The molecule has 1 aliphatic heterocycles. The summed E-state index contributed by atoms with van der Waals surface area (Å²) in [6, 6.07) is 4.03. The van der Waals surface area contributed by atoms with Crippen molar-refractivity contribution in [3.05, 3.63) is 34.9 Å². The third kappa shape index (κ3) is 2.56. The highest BCUT2D eigenvalue weighted by molar-refractivity contribution is 5.89. The van der Waals surface area contributed by atoms with E-state index in [9.17, 15) is 4.79 Å². The van der Waals surface area contributed by atoms with Gasteiger partial charge in [0.15, 0.2) is 0 Å². The van der Waals surface area contributed by atoms with Crippen LogP contribution >= 0.6 is 0 Å². The standard InChI is InChI=1S/C17H25N3O/c1-10-7-14-12(3)9-17(5,6)20(13(4)16(21)19-18)15(14)8-11(10)2/h7-9,13H,18H2,1-6H3,(H,19,21)/t13-/m0/s1. The predicted molar refractivity (Wildman–Crippen MR) is 87.9 cm³/mol. The maximum absolute atomic E-state index is 12.0. The molecule has 4 nitrogen and oxygen atoms in total. The minimum absolute atomic E-state index is 0.180. The first-order chi connectivity index (χ1) is 9.69. The molecule has 4 heteroatoms. The van der Waals surface area contributed by atoms with E-state index in [1.807, 2.05) is 6.92 Å². The van der Waals surface area contributed by atoms with Crippen LogP contribution in [0.2, 0.25) is 0 Å². The maximum atomic E-state index is 12.0. The van der Waals surface area contributed by atoms with Crippen LogP contribution in [0.25, 0.3) is 5.57 Å². The van der Waals surface area contributed by atoms with E-state index < -0.39 is 0 Å². The van der Waals surface area contributed by atoms with Crippen LogP contribution in [0.15, 0.2) is 18.2 Å². The van der Waals surface area contributed by atoms with Gasteiger partial charge in [-0.2, -0.15) is 0 Å². The minimum atomic E-state index is -0.338. The second-order valence-electron chi connectivity index (χ2n) is 6.49. The Morgan fingerprint density at radius 1 is 1.24 bits per heavy atom. The van der Waals surface area contributed by atoms with E-state index in [0.29, 0.717) is 0 Å². The van der Waals surface area contributed by atoms with Crippen molar-refractivity contribution in [1.82, 2.24) is 5.43 Å². The number of hydrogen-bond donors (Lipinski definition) is 2. The zero-order valence-electron chi connectivity index (χ0n) is 13.7. The smallest absolute Gasteiger partial charge is 0.256 e. The average molecular weight is 287 g/mol. The van der Waals surface area contributed by atoms with E-state index in [1.165, 1.54) is 22.3 Å². The molecule has 1 aromatic carbocycles. The van der Waals surface area contributed by atoms with E-state index in [4.69, 9.17) is 5.84 Å². The molecule has 0 aliphatic carbocycles. The summed E-state index contributed by atoms with van der Waals surface area (Å²) in [4.78, 5) is 14.2. The Morgan fingerprint density at radius 3 is 2.38 bits per heavy atom. The topological polar surface area (TPSA) is 58.4 Å². The number of nitrogens with two attached hydrogens (primary N) is 1.